The van der Waals surface area contributed by atoms with E-state index in [1.807, 2.05) is 0 Å². The van der Waals surface area contributed by atoms with Crippen molar-refractivity contribution in [2.45, 2.75) is 59.9 Å². The van der Waals surface area contributed by atoms with Crippen LogP contribution >= 0.6 is 0 Å². The molecule has 1 unspecified atom stereocenters. The van der Waals surface area contributed by atoms with E-state index in [0.717, 1.165) is 25.4 Å². The lowest BCUT2D eigenvalue weighted by Gasteiger charge is -2.27. The minimum atomic E-state index is 0.233. The van der Waals surface area contributed by atoms with Gasteiger partial charge < -0.3 is 11.1 Å². The molecular formula is C13H30N2. The predicted molar refractivity (Wildman–Crippen MR) is 69.0 cm³/mol. The SMILES string of the molecule is CCC(CC)CNCCC(N)C(C)(C)C. The molecule has 0 radical (unpaired) electrons. The molecule has 0 fully saturated rings. The maximum absolute atomic E-state index is 6.09. The van der Waals surface area contributed by atoms with Gasteiger partial charge in [-0.3, -0.25) is 0 Å². The van der Waals surface area contributed by atoms with Crippen molar-refractivity contribution in [3.05, 3.63) is 0 Å². The molecule has 0 amide bonds. The molecule has 1 atom stereocenters. The number of rotatable bonds is 7. The molecule has 0 aromatic rings. The van der Waals surface area contributed by atoms with Crippen molar-refractivity contribution in [2.75, 3.05) is 13.1 Å². The Balaban J connectivity index is 3.54. The highest BCUT2D eigenvalue weighted by Gasteiger charge is 2.19. The average molecular weight is 214 g/mol. The zero-order valence-corrected chi connectivity index (χ0v) is 11.3. The quantitative estimate of drug-likeness (QED) is 0.640. The Labute approximate surface area is 96.0 Å². The van der Waals surface area contributed by atoms with Crippen LogP contribution in [0.15, 0.2) is 0 Å². The first-order chi connectivity index (χ1) is 6.91. The first kappa shape index (κ1) is 14.9. The molecule has 0 aromatic heterocycles. The first-order valence-electron chi connectivity index (χ1n) is 6.38. The van der Waals surface area contributed by atoms with E-state index in [2.05, 4.69) is 39.9 Å². The Kier molecular flexibility index (Phi) is 7.20. The van der Waals surface area contributed by atoms with Gasteiger partial charge in [-0.25, -0.2) is 0 Å². The molecule has 0 aliphatic heterocycles. The zero-order valence-electron chi connectivity index (χ0n) is 11.3. The van der Waals surface area contributed by atoms with Gasteiger partial charge in [-0.15, -0.1) is 0 Å². The van der Waals surface area contributed by atoms with Crippen molar-refractivity contribution in [3.8, 4) is 0 Å². The van der Waals surface area contributed by atoms with E-state index >= 15 is 0 Å². The average Bonchev–Trinajstić information content (AvgIpc) is 2.16. The lowest BCUT2D eigenvalue weighted by Crippen LogP contribution is -2.38. The highest BCUT2D eigenvalue weighted by atomic mass is 14.9. The number of nitrogens with one attached hydrogen (secondary N) is 1. The summed E-state index contributed by atoms with van der Waals surface area (Å²) in [5, 5.41) is 3.51. The largest absolute Gasteiger partial charge is 0.327 e. The van der Waals surface area contributed by atoms with Crippen LogP contribution in [0.1, 0.15) is 53.9 Å². The van der Waals surface area contributed by atoms with Gasteiger partial charge in [0.1, 0.15) is 0 Å². The summed E-state index contributed by atoms with van der Waals surface area (Å²) in [6.45, 7) is 13.3. The molecule has 0 bridgehead atoms. The van der Waals surface area contributed by atoms with E-state index in [9.17, 15) is 0 Å². The van der Waals surface area contributed by atoms with Gasteiger partial charge in [-0.2, -0.15) is 0 Å². The highest BCUT2D eigenvalue weighted by Crippen LogP contribution is 2.19. The van der Waals surface area contributed by atoms with Crippen LogP contribution in [0.4, 0.5) is 0 Å². The molecule has 0 aliphatic rings. The van der Waals surface area contributed by atoms with Gasteiger partial charge in [0.05, 0.1) is 0 Å². The van der Waals surface area contributed by atoms with E-state index in [4.69, 9.17) is 5.73 Å². The van der Waals surface area contributed by atoms with E-state index in [-0.39, 0.29) is 5.41 Å². The van der Waals surface area contributed by atoms with Crippen LogP contribution in [-0.4, -0.2) is 19.1 Å². The molecule has 3 N–H and O–H groups in total. The summed E-state index contributed by atoms with van der Waals surface area (Å²) in [6, 6.07) is 0.298. The fourth-order valence-electron chi connectivity index (χ4n) is 1.57. The second-order valence-electron chi connectivity index (χ2n) is 5.65. The van der Waals surface area contributed by atoms with Crippen molar-refractivity contribution in [3.63, 3.8) is 0 Å². The van der Waals surface area contributed by atoms with E-state index in [1.54, 1.807) is 0 Å². The standard InChI is InChI=1S/C13H30N2/c1-6-11(7-2)10-15-9-8-12(14)13(3,4)5/h11-12,15H,6-10,14H2,1-5H3. The second kappa shape index (κ2) is 7.24. The number of hydrogen-bond donors (Lipinski definition) is 2. The van der Waals surface area contributed by atoms with E-state index < -0.39 is 0 Å². The third-order valence-corrected chi connectivity index (χ3v) is 3.33. The van der Waals surface area contributed by atoms with Gasteiger partial charge in [0.25, 0.3) is 0 Å². The Hall–Kier alpha value is -0.0800. The number of hydrogen-bond acceptors (Lipinski definition) is 2. The normalized spacial score (nSPS) is 14.6. The van der Waals surface area contributed by atoms with Crippen LogP contribution in [0, 0.1) is 11.3 Å². The Morgan fingerprint density at radius 3 is 2.07 bits per heavy atom. The molecule has 0 saturated heterocycles. The summed E-state index contributed by atoms with van der Waals surface area (Å²) in [5.41, 5.74) is 6.33. The summed E-state index contributed by atoms with van der Waals surface area (Å²) in [6.07, 6.45) is 3.62. The van der Waals surface area contributed by atoms with Gasteiger partial charge in [-0.05, 0) is 30.8 Å². The first-order valence-corrected chi connectivity index (χ1v) is 6.38. The maximum Gasteiger partial charge on any atom is 0.00997 e. The van der Waals surface area contributed by atoms with Crippen LogP contribution in [-0.2, 0) is 0 Å². The fourth-order valence-corrected chi connectivity index (χ4v) is 1.57. The Bertz CT molecular complexity index is 145. The van der Waals surface area contributed by atoms with Crippen molar-refractivity contribution >= 4 is 0 Å². The van der Waals surface area contributed by atoms with Crippen molar-refractivity contribution in [1.82, 2.24) is 5.32 Å². The predicted octanol–water partition coefficient (Wildman–Crippen LogP) is 2.78. The lowest BCUT2D eigenvalue weighted by molar-refractivity contribution is 0.300. The van der Waals surface area contributed by atoms with Crippen LogP contribution in [0.25, 0.3) is 0 Å². The highest BCUT2D eigenvalue weighted by molar-refractivity contribution is 4.77. The van der Waals surface area contributed by atoms with E-state index in [1.165, 1.54) is 12.8 Å². The molecule has 0 saturated carbocycles. The van der Waals surface area contributed by atoms with Crippen LogP contribution in [0.2, 0.25) is 0 Å². The zero-order chi connectivity index (χ0) is 11.9. The monoisotopic (exact) mass is 214 g/mol. The van der Waals surface area contributed by atoms with Crippen LogP contribution in [0.5, 0.6) is 0 Å². The minimum absolute atomic E-state index is 0.233. The summed E-state index contributed by atoms with van der Waals surface area (Å²) >= 11 is 0. The third-order valence-electron chi connectivity index (χ3n) is 3.33. The second-order valence-corrected chi connectivity index (χ2v) is 5.65. The Morgan fingerprint density at radius 2 is 1.67 bits per heavy atom. The fraction of sp³-hybridized carbons (Fsp3) is 1.00. The molecule has 2 nitrogen and oxygen atoms in total. The minimum Gasteiger partial charge on any atom is -0.327 e. The molecular weight excluding hydrogens is 184 g/mol. The van der Waals surface area contributed by atoms with Crippen LogP contribution in [0.3, 0.4) is 0 Å². The molecule has 92 valence electrons. The molecule has 0 heterocycles. The van der Waals surface area contributed by atoms with Gasteiger partial charge in [0.2, 0.25) is 0 Å². The molecule has 0 spiro atoms. The molecule has 0 rings (SSSR count). The summed E-state index contributed by atoms with van der Waals surface area (Å²) in [4.78, 5) is 0. The van der Waals surface area contributed by atoms with Crippen molar-refractivity contribution in [1.29, 1.82) is 0 Å². The summed E-state index contributed by atoms with van der Waals surface area (Å²) in [7, 11) is 0. The number of nitrogens with two attached hydrogens (primary N) is 1. The smallest absolute Gasteiger partial charge is 0.00997 e. The maximum atomic E-state index is 6.09. The summed E-state index contributed by atoms with van der Waals surface area (Å²) in [5.74, 6) is 0.830. The van der Waals surface area contributed by atoms with Crippen molar-refractivity contribution in [2.24, 2.45) is 17.1 Å². The molecule has 15 heavy (non-hydrogen) atoms. The molecule has 0 aromatic carbocycles. The van der Waals surface area contributed by atoms with Gasteiger partial charge in [0, 0.05) is 6.04 Å². The van der Waals surface area contributed by atoms with E-state index in [0.29, 0.717) is 6.04 Å². The van der Waals surface area contributed by atoms with Crippen LogP contribution < -0.4 is 11.1 Å². The Morgan fingerprint density at radius 1 is 1.13 bits per heavy atom. The topological polar surface area (TPSA) is 38.0 Å². The molecule has 0 aliphatic carbocycles. The summed E-state index contributed by atoms with van der Waals surface area (Å²) < 4.78 is 0. The lowest BCUT2D eigenvalue weighted by atomic mass is 9.85. The van der Waals surface area contributed by atoms with Gasteiger partial charge in [-0.1, -0.05) is 47.5 Å². The third kappa shape index (κ3) is 6.91. The molecule has 2 heteroatoms. The van der Waals surface area contributed by atoms with Gasteiger partial charge >= 0.3 is 0 Å². The van der Waals surface area contributed by atoms with Gasteiger partial charge in [0.15, 0.2) is 0 Å². The van der Waals surface area contributed by atoms with Crippen molar-refractivity contribution < 1.29 is 0 Å².